The summed E-state index contributed by atoms with van der Waals surface area (Å²) < 4.78 is 0. The Bertz CT molecular complexity index is 507. The van der Waals surface area contributed by atoms with Gasteiger partial charge in [0.1, 0.15) is 5.82 Å². The number of aromatic nitrogens is 3. The summed E-state index contributed by atoms with van der Waals surface area (Å²) in [4.78, 5) is 5.47. The van der Waals surface area contributed by atoms with Crippen molar-refractivity contribution in [1.29, 1.82) is 0 Å². The topological polar surface area (TPSA) is 67.6 Å². The van der Waals surface area contributed by atoms with Crippen LogP contribution in [0.3, 0.4) is 0 Å². The molecule has 1 aromatic carbocycles. The molecule has 2 aromatic rings. The van der Waals surface area contributed by atoms with Gasteiger partial charge >= 0.3 is 0 Å². The van der Waals surface area contributed by atoms with Crippen molar-refractivity contribution in [1.82, 2.24) is 15.2 Å². The van der Waals surface area contributed by atoms with E-state index in [0.29, 0.717) is 6.54 Å². The van der Waals surface area contributed by atoms with Crippen molar-refractivity contribution in [2.45, 2.75) is 30.3 Å². The molecule has 0 aliphatic heterocycles. The predicted octanol–water partition coefficient (Wildman–Crippen LogP) is 2.07. The Morgan fingerprint density at radius 2 is 2.18 bits per heavy atom. The first-order chi connectivity index (χ1) is 8.19. The van der Waals surface area contributed by atoms with Crippen molar-refractivity contribution in [3.63, 3.8) is 0 Å². The van der Waals surface area contributed by atoms with Gasteiger partial charge in [0.25, 0.3) is 0 Å². The fourth-order valence-electron chi connectivity index (χ4n) is 1.61. The van der Waals surface area contributed by atoms with E-state index in [1.165, 1.54) is 16.0 Å². The zero-order valence-corrected chi connectivity index (χ0v) is 10.8. The highest BCUT2D eigenvalue weighted by Crippen LogP contribution is 2.28. The van der Waals surface area contributed by atoms with E-state index >= 15 is 0 Å². The van der Waals surface area contributed by atoms with Gasteiger partial charge in [-0.1, -0.05) is 12.1 Å². The molecule has 0 spiro atoms. The van der Waals surface area contributed by atoms with Crippen LogP contribution in [0.5, 0.6) is 0 Å². The van der Waals surface area contributed by atoms with Crippen LogP contribution in [0.1, 0.15) is 17.0 Å². The molecule has 2 rings (SSSR count). The second kappa shape index (κ2) is 5.33. The molecule has 0 aliphatic carbocycles. The van der Waals surface area contributed by atoms with Crippen LogP contribution < -0.4 is 5.73 Å². The Balaban J connectivity index is 2.16. The van der Waals surface area contributed by atoms with E-state index in [0.717, 1.165) is 17.4 Å². The highest BCUT2D eigenvalue weighted by molar-refractivity contribution is 7.99. The number of nitrogens with one attached hydrogen (secondary N) is 1. The molecule has 0 unspecified atom stereocenters. The van der Waals surface area contributed by atoms with Gasteiger partial charge in [-0.25, -0.2) is 4.98 Å². The van der Waals surface area contributed by atoms with Crippen LogP contribution in [-0.4, -0.2) is 21.7 Å². The molecule has 90 valence electrons. The van der Waals surface area contributed by atoms with Crippen molar-refractivity contribution in [2.75, 3.05) is 6.54 Å². The van der Waals surface area contributed by atoms with Crippen LogP contribution in [0.4, 0.5) is 0 Å². The molecule has 3 N–H and O–H groups in total. The maximum atomic E-state index is 5.55. The van der Waals surface area contributed by atoms with Crippen LogP contribution in [0.15, 0.2) is 28.3 Å². The van der Waals surface area contributed by atoms with Crippen molar-refractivity contribution >= 4 is 11.8 Å². The molecule has 1 heterocycles. The van der Waals surface area contributed by atoms with Crippen LogP contribution in [0, 0.1) is 13.8 Å². The zero-order chi connectivity index (χ0) is 12.3. The molecule has 0 fully saturated rings. The molecule has 0 amide bonds. The van der Waals surface area contributed by atoms with Crippen LogP contribution in [0.2, 0.25) is 0 Å². The molecule has 0 saturated heterocycles. The molecular formula is C12H16N4S. The van der Waals surface area contributed by atoms with E-state index < -0.39 is 0 Å². The highest BCUT2D eigenvalue weighted by Gasteiger charge is 2.06. The number of rotatable bonds is 4. The van der Waals surface area contributed by atoms with Gasteiger partial charge in [0.05, 0.1) is 0 Å². The lowest BCUT2D eigenvalue weighted by molar-refractivity contribution is 0.958. The first kappa shape index (κ1) is 12.1. The van der Waals surface area contributed by atoms with Gasteiger partial charge in [-0.2, -0.15) is 0 Å². The lowest BCUT2D eigenvalue weighted by Crippen LogP contribution is -2.02. The van der Waals surface area contributed by atoms with E-state index in [2.05, 4.69) is 40.3 Å². The van der Waals surface area contributed by atoms with Gasteiger partial charge in [0, 0.05) is 4.90 Å². The molecule has 0 aliphatic rings. The minimum Gasteiger partial charge on any atom is -0.330 e. The summed E-state index contributed by atoms with van der Waals surface area (Å²) in [6.07, 6.45) is 0.922. The van der Waals surface area contributed by atoms with Crippen LogP contribution >= 0.6 is 11.8 Å². The summed E-state index contributed by atoms with van der Waals surface area (Å²) in [5.74, 6) is 0.838. The molecule has 17 heavy (non-hydrogen) atoms. The maximum Gasteiger partial charge on any atom is 0.213 e. The first-order valence-corrected chi connectivity index (χ1v) is 6.37. The van der Waals surface area contributed by atoms with E-state index in [9.17, 15) is 0 Å². The molecule has 0 saturated carbocycles. The number of aromatic amines is 1. The molecule has 0 radical (unpaired) electrons. The average Bonchev–Trinajstić information content (AvgIpc) is 2.69. The van der Waals surface area contributed by atoms with Gasteiger partial charge < -0.3 is 5.73 Å². The smallest absolute Gasteiger partial charge is 0.213 e. The van der Waals surface area contributed by atoms with Crippen molar-refractivity contribution in [3.05, 3.63) is 35.2 Å². The number of hydrogen-bond donors (Lipinski definition) is 2. The van der Waals surface area contributed by atoms with Crippen LogP contribution in [-0.2, 0) is 6.42 Å². The van der Waals surface area contributed by atoms with E-state index in [1.807, 2.05) is 6.92 Å². The largest absolute Gasteiger partial charge is 0.330 e. The van der Waals surface area contributed by atoms with E-state index in [4.69, 9.17) is 5.73 Å². The summed E-state index contributed by atoms with van der Waals surface area (Å²) >= 11 is 1.58. The summed E-state index contributed by atoms with van der Waals surface area (Å²) in [6, 6.07) is 6.40. The van der Waals surface area contributed by atoms with Gasteiger partial charge in [-0.15, -0.1) is 5.10 Å². The summed E-state index contributed by atoms with van der Waals surface area (Å²) in [7, 11) is 0. The Hall–Kier alpha value is -1.33. The summed E-state index contributed by atoms with van der Waals surface area (Å²) in [5.41, 5.74) is 8.06. The third-order valence-corrected chi connectivity index (χ3v) is 3.49. The quantitative estimate of drug-likeness (QED) is 0.869. The Kier molecular flexibility index (Phi) is 3.81. The third-order valence-electron chi connectivity index (χ3n) is 2.45. The summed E-state index contributed by atoms with van der Waals surface area (Å²) in [5, 5.41) is 7.72. The normalized spacial score (nSPS) is 10.8. The fraction of sp³-hybridized carbons (Fsp3) is 0.333. The lowest BCUT2D eigenvalue weighted by atomic mass is 10.1. The maximum absolute atomic E-state index is 5.55. The number of nitrogens with two attached hydrogens (primary N) is 1. The molecular weight excluding hydrogens is 232 g/mol. The second-order valence-corrected chi connectivity index (χ2v) is 4.95. The standard InChI is InChI=1S/C12H16N4S/c1-8-7-10(5-6-13)3-4-11(8)17-12-14-9(2)15-16-12/h3-4,7H,5-6,13H2,1-2H3,(H,14,15,16). The van der Waals surface area contributed by atoms with Gasteiger partial charge in [0.2, 0.25) is 5.16 Å². The SMILES string of the molecule is Cc1nc(Sc2ccc(CCN)cc2C)n[nH]1. The van der Waals surface area contributed by atoms with Crippen molar-refractivity contribution in [3.8, 4) is 0 Å². The second-order valence-electron chi connectivity index (χ2n) is 3.94. The Labute approximate surface area is 105 Å². The molecule has 4 nitrogen and oxygen atoms in total. The average molecular weight is 248 g/mol. The number of aryl methyl sites for hydroxylation is 2. The van der Waals surface area contributed by atoms with Crippen molar-refractivity contribution < 1.29 is 0 Å². The Morgan fingerprint density at radius 3 is 2.76 bits per heavy atom. The minimum atomic E-state index is 0.687. The predicted molar refractivity (Wildman–Crippen MR) is 69.2 cm³/mol. The molecule has 1 aromatic heterocycles. The first-order valence-electron chi connectivity index (χ1n) is 5.55. The highest BCUT2D eigenvalue weighted by atomic mass is 32.2. The molecule has 0 atom stereocenters. The van der Waals surface area contributed by atoms with Crippen LogP contribution in [0.25, 0.3) is 0 Å². The third kappa shape index (κ3) is 3.08. The monoisotopic (exact) mass is 248 g/mol. The van der Waals surface area contributed by atoms with Gasteiger partial charge in [-0.3, -0.25) is 5.10 Å². The summed E-state index contributed by atoms with van der Waals surface area (Å²) in [6.45, 7) is 4.68. The molecule has 0 bridgehead atoms. The van der Waals surface area contributed by atoms with E-state index in [1.54, 1.807) is 11.8 Å². The number of nitrogens with zero attached hydrogens (tertiary/aromatic N) is 2. The molecule has 5 heteroatoms. The van der Waals surface area contributed by atoms with E-state index in [-0.39, 0.29) is 0 Å². The fourth-order valence-corrected chi connectivity index (χ4v) is 2.44. The number of benzene rings is 1. The lowest BCUT2D eigenvalue weighted by Gasteiger charge is -2.05. The number of H-pyrrole nitrogens is 1. The minimum absolute atomic E-state index is 0.687. The number of hydrogen-bond acceptors (Lipinski definition) is 4. The Morgan fingerprint density at radius 1 is 1.35 bits per heavy atom. The van der Waals surface area contributed by atoms with Gasteiger partial charge in [-0.05, 0) is 55.8 Å². The van der Waals surface area contributed by atoms with Gasteiger partial charge in [0.15, 0.2) is 0 Å². The zero-order valence-electron chi connectivity index (χ0n) is 10.0. The van der Waals surface area contributed by atoms with Crippen molar-refractivity contribution in [2.24, 2.45) is 5.73 Å².